The van der Waals surface area contributed by atoms with Crippen molar-refractivity contribution < 1.29 is 26.8 Å². The Morgan fingerprint density at radius 1 is 1.00 bits per heavy atom. The first-order valence-electron chi connectivity index (χ1n) is 3.60. The Kier molecular flexibility index (Phi) is 7.54. The molecule has 0 aromatic rings. The van der Waals surface area contributed by atoms with E-state index in [1.807, 2.05) is 0 Å². The van der Waals surface area contributed by atoms with E-state index < -0.39 is 19.3 Å². The van der Waals surface area contributed by atoms with Crippen molar-refractivity contribution in [3.05, 3.63) is 0 Å². The molecule has 0 aromatic carbocycles. The molecule has 6 N–H and O–H groups in total. The molecule has 0 aromatic heterocycles. The Bertz CT molecular complexity index is 84.7. The van der Waals surface area contributed by atoms with E-state index in [4.69, 9.17) is 19.0 Å². The molecule has 0 amide bonds. The average Bonchev–Trinajstić information content (AvgIpc) is 1.97. The fourth-order valence-electron chi connectivity index (χ4n) is 1.19. The van der Waals surface area contributed by atoms with Gasteiger partial charge in [0.2, 0.25) is 0 Å². The second kappa shape index (κ2) is 7.19. The van der Waals surface area contributed by atoms with Crippen molar-refractivity contribution in [2.45, 2.75) is 37.8 Å². The van der Waals surface area contributed by atoms with E-state index in [0.717, 1.165) is 12.8 Å². The van der Waals surface area contributed by atoms with Crippen LogP contribution in [0.3, 0.4) is 0 Å². The Morgan fingerprint density at radius 2 is 1.27 bits per heavy atom. The van der Waals surface area contributed by atoms with E-state index in [0.29, 0.717) is 0 Å². The normalized spacial score (nSPS) is 30.9. The zero-order chi connectivity index (χ0) is 8.69. The first kappa shape index (κ1) is 11.5. The Hall–Kier alpha value is 0.528. The van der Waals surface area contributed by atoms with Crippen molar-refractivity contribution >= 4 is 0 Å². The molecule has 2 atom stereocenters. The van der Waals surface area contributed by atoms with Gasteiger partial charge in [0.15, 0.2) is 0 Å². The van der Waals surface area contributed by atoms with Crippen LogP contribution < -0.4 is 11.5 Å². The second-order valence-corrected chi connectivity index (χ2v) is 3.13. The molecule has 1 aliphatic carbocycles. The van der Waals surface area contributed by atoms with Gasteiger partial charge in [-0.25, -0.2) is 0 Å². The van der Waals surface area contributed by atoms with Crippen LogP contribution in [0.4, 0.5) is 0 Å². The summed E-state index contributed by atoms with van der Waals surface area (Å²) in [4.78, 5) is 0. The first-order valence-corrected chi connectivity index (χ1v) is 5.63. The summed E-state index contributed by atoms with van der Waals surface area (Å²) in [6, 6.07) is 0.562. The topological polar surface area (TPSA) is 92.5 Å². The third kappa shape index (κ3) is 5.76. The van der Waals surface area contributed by atoms with Gasteiger partial charge in [-0.15, -0.1) is 0 Å². The van der Waals surface area contributed by atoms with Gasteiger partial charge < -0.3 is 11.5 Å². The van der Waals surface area contributed by atoms with Crippen LogP contribution in [0, 0.1) is 0 Å². The average molecular weight is 343 g/mol. The van der Waals surface area contributed by atoms with Crippen LogP contribution in [0.15, 0.2) is 0 Å². The minimum absolute atomic E-state index is 0.281. The molecule has 1 rings (SSSR count). The molecular weight excluding hydrogens is 327 g/mol. The Morgan fingerprint density at radius 3 is 1.45 bits per heavy atom. The van der Waals surface area contributed by atoms with Crippen LogP contribution in [0.25, 0.3) is 0 Å². The maximum atomic E-state index is 7.24. The SMILES string of the molecule is NC1CCCCC1N.[OH][Pt][OH]. The number of hydrogen-bond donors (Lipinski definition) is 4. The molecular formula is C6H16N2O2Pt. The fourth-order valence-corrected chi connectivity index (χ4v) is 1.19. The Labute approximate surface area is 76.4 Å². The fraction of sp³-hybridized carbons (Fsp3) is 1.00. The van der Waals surface area contributed by atoms with Gasteiger partial charge in [0, 0.05) is 12.1 Å². The molecule has 0 saturated heterocycles. The van der Waals surface area contributed by atoms with E-state index in [-0.39, 0.29) is 12.1 Å². The molecule has 0 radical (unpaired) electrons. The molecule has 0 aliphatic heterocycles. The van der Waals surface area contributed by atoms with Gasteiger partial charge >= 0.3 is 26.8 Å². The zero-order valence-corrected chi connectivity index (χ0v) is 8.62. The molecule has 1 fully saturated rings. The minimum atomic E-state index is -1.42. The molecule has 1 saturated carbocycles. The van der Waals surface area contributed by atoms with Crippen LogP contribution in [-0.4, -0.2) is 19.6 Å². The van der Waals surface area contributed by atoms with Crippen LogP contribution >= 0.6 is 0 Å². The molecule has 11 heavy (non-hydrogen) atoms. The molecule has 0 heterocycles. The van der Waals surface area contributed by atoms with E-state index >= 15 is 0 Å². The predicted octanol–water partition coefficient (Wildman–Crippen LogP) is -0.901. The van der Waals surface area contributed by atoms with Gasteiger partial charge in [-0.05, 0) is 12.8 Å². The van der Waals surface area contributed by atoms with E-state index in [1.54, 1.807) is 0 Å². The van der Waals surface area contributed by atoms with Gasteiger partial charge in [-0.2, -0.15) is 0 Å². The van der Waals surface area contributed by atoms with Crippen molar-refractivity contribution in [2.24, 2.45) is 11.5 Å². The van der Waals surface area contributed by atoms with Crippen molar-refractivity contribution in [1.82, 2.24) is 0 Å². The van der Waals surface area contributed by atoms with Crippen LogP contribution in [0.1, 0.15) is 25.7 Å². The van der Waals surface area contributed by atoms with Gasteiger partial charge in [0.1, 0.15) is 0 Å². The molecule has 0 bridgehead atoms. The van der Waals surface area contributed by atoms with Gasteiger partial charge in [0.25, 0.3) is 0 Å². The summed E-state index contributed by atoms with van der Waals surface area (Å²) in [6.07, 6.45) is 4.80. The van der Waals surface area contributed by atoms with E-state index in [9.17, 15) is 0 Å². The molecule has 2 unspecified atom stereocenters. The summed E-state index contributed by atoms with van der Waals surface area (Å²) in [5.74, 6) is 0. The number of hydrogen-bond acceptors (Lipinski definition) is 4. The zero-order valence-electron chi connectivity index (χ0n) is 6.35. The van der Waals surface area contributed by atoms with Crippen molar-refractivity contribution in [3.63, 3.8) is 0 Å². The van der Waals surface area contributed by atoms with Crippen LogP contribution in [0.2, 0.25) is 0 Å². The van der Waals surface area contributed by atoms with E-state index in [1.165, 1.54) is 12.8 Å². The summed E-state index contributed by atoms with van der Waals surface area (Å²) < 4.78 is 14.5. The molecule has 1 aliphatic rings. The summed E-state index contributed by atoms with van der Waals surface area (Å²) in [6.45, 7) is 0. The molecule has 5 heteroatoms. The summed E-state index contributed by atoms with van der Waals surface area (Å²) >= 11 is -1.42. The second-order valence-electron chi connectivity index (χ2n) is 2.68. The van der Waals surface area contributed by atoms with Crippen molar-refractivity contribution in [2.75, 3.05) is 0 Å². The number of nitrogens with two attached hydrogens (primary N) is 2. The monoisotopic (exact) mass is 343 g/mol. The molecule has 0 spiro atoms. The van der Waals surface area contributed by atoms with Gasteiger partial charge in [-0.1, -0.05) is 12.8 Å². The van der Waals surface area contributed by atoms with Gasteiger partial charge in [0.05, 0.1) is 0 Å². The third-order valence-corrected chi connectivity index (χ3v) is 1.87. The van der Waals surface area contributed by atoms with Crippen LogP contribution in [0.5, 0.6) is 0 Å². The first-order chi connectivity index (χ1) is 5.22. The maximum absolute atomic E-state index is 7.24. The summed E-state index contributed by atoms with van der Waals surface area (Å²) in [7, 11) is 0. The molecule has 72 valence electrons. The quantitative estimate of drug-likeness (QED) is 0.459. The Balaban J connectivity index is 0.000000292. The van der Waals surface area contributed by atoms with Crippen molar-refractivity contribution in [3.8, 4) is 0 Å². The number of rotatable bonds is 0. The standard InChI is InChI=1S/C6H14N2.2H2O.Pt/c7-5-3-1-2-4-6(5)8;;;/h5-6H,1-4,7-8H2;2*1H2;/q;;;+2/p-2. The predicted molar refractivity (Wildman–Crippen MR) is 38.9 cm³/mol. The van der Waals surface area contributed by atoms with E-state index in [2.05, 4.69) is 0 Å². The summed E-state index contributed by atoms with van der Waals surface area (Å²) in [5, 5.41) is 0. The van der Waals surface area contributed by atoms with Crippen molar-refractivity contribution in [1.29, 1.82) is 0 Å². The molecule has 4 nitrogen and oxygen atoms in total. The third-order valence-electron chi connectivity index (χ3n) is 1.87. The summed E-state index contributed by atoms with van der Waals surface area (Å²) in [5.41, 5.74) is 11.3. The van der Waals surface area contributed by atoms with Crippen LogP contribution in [-0.2, 0) is 19.3 Å². The van der Waals surface area contributed by atoms with Gasteiger partial charge in [-0.3, -0.25) is 0 Å².